The highest BCUT2D eigenvalue weighted by Gasteiger charge is 2.24. The van der Waals surface area contributed by atoms with Gasteiger partial charge in [-0.05, 0) is 18.2 Å². The fourth-order valence-corrected chi connectivity index (χ4v) is 2.50. The van der Waals surface area contributed by atoms with Crippen LogP contribution in [0.4, 0.5) is 0 Å². The van der Waals surface area contributed by atoms with Crippen LogP contribution in [0.25, 0.3) is 17.1 Å². The van der Waals surface area contributed by atoms with E-state index in [1.165, 1.54) is 0 Å². The number of nitrogens with one attached hydrogen (secondary N) is 2. The molecule has 0 saturated carbocycles. The van der Waals surface area contributed by atoms with Gasteiger partial charge in [0.2, 0.25) is 5.96 Å². The molecular formula is C15H13N5O. The van der Waals surface area contributed by atoms with Gasteiger partial charge < -0.3 is 9.88 Å². The second-order valence-corrected chi connectivity index (χ2v) is 4.94. The van der Waals surface area contributed by atoms with Crippen LogP contribution < -0.4 is 5.32 Å². The van der Waals surface area contributed by atoms with E-state index in [0.717, 1.165) is 29.7 Å². The van der Waals surface area contributed by atoms with Crippen molar-refractivity contribution in [2.24, 2.45) is 4.99 Å². The Hall–Kier alpha value is -2.89. The minimum absolute atomic E-state index is 0.171. The van der Waals surface area contributed by atoms with Gasteiger partial charge in [0, 0.05) is 36.4 Å². The van der Waals surface area contributed by atoms with Gasteiger partial charge in [0.1, 0.15) is 11.3 Å². The molecule has 104 valence electrons. The summed E-state index contributed by atoms with van der Waals surface area (Å²) < 4.78 is 0. The number of guanidine groups is 1. The molecule has 6 nitrogen and oxygen atoms in total. The lowest BCUT2D eigenvalue weighted by molar-refractivity contribution is -0.115. The monoisotopic (exact) mass is 279 g/mol. The number of H-pyrrole nitrogens is 1. The molecular weight excluding hydrogens is 266 g/mol. The first-order valence-electron chi connectivity index (χ1n) is 6.75. The number of fused-ring (bicyclic) bond motifs is 1. The normalized spacial score (nSPS) is 19.6. The molecule has 0 atom stereocenters. The topological polar surface area (TPSA) is 73.4 Å². The zero-order chi connectivity index (χ0) is 14.2. The second-order valence-electron chi connectivity index (χ2n) is 4.94. The highest BCUT2D eigenvalue weighted by Crippen LogP contribution is 2.20. The molecule has 21 heavy (non-hydrogen) atoms. The molecule has 0 spiro atoms. The third-order valence-electron chi connectivity index (χ3n) is 3.58. The number of aliphatic imine (C=N–C) groups is 1. The molecule has 2 aliphatic heterocycles. The van der Waals surface area contributed by atoms with Gasteiger partial charge in [0.15, 0.2) is 0 Å². The number of hydrogen-bond acceptors (Lipinski definition) is 4. The van der Waals surface area contributed by atoms with Crippen LogP contribution in [-0.4, -0.2) is 39.8 Å². The lowest BCUT2D eigenvalue weighted by Crippen LogP contribution is -2.38. The number of carbonyl (C=O) groups is 1. The lowest BCUT2D eigenvalue weighted by atomic mass is 10.2. The summed E-state index contributed by atoms with van der Waals surface area (Å²) in [5.74, 6) is 0.448. The van der Waals surface area contributed by atoms with Crippen molar-refractivity contribution < 1.29 is 4.79 Å². The molecule has 0 saturated heterocycles. The SMILES string of the molecule is O=C1NC(N2CC=CC2)=N/C1=C\c1c[nH]c2ncccc12. The predicted molar refractivity (Wildman–Crippen MR) is 80.4 cm³/mol. The Balaban J connectivity index is 1.70. The summed E-state index contributed by atoms with van der Waals surface area (Å²) in [4.78, 5) is 25.8. The van der Waals surface area contributed by atoms with E-state index in [9.17, 15) is 4.79 Å². The van der Waals surface area contributed by atoms with Crippen molar-refractivity contribution in [2.75, 3.05) is 13.1 Å². The first-order valence-corrected chi connectivity index (χ1v) is 6.75. The molecule has 0 aliphatic carbocycles. The molecule has 2 aromatic rings. The van der Waals surface area contributed by atoms with Crippen LogP contribution in [0.15, 0.2) is 47.4 Å². The van der Waals surface area contributed by atoms with Crippen molar-refractivity contribution in [1.82, 2.24) is 20.2 Å². The van der Waals surface area contributed by atoms with Crippen molar-refractivity contribution in [2.45, 2.75) is 0 Å². The Kier molecular flexibility index (Phi) is 2.60. The zero-order valence-electron chi connectivity index (χ0n) is 11.2. The molecule has 0 bridgehead atoms. The van der Waals surface area contributed by atoms with Gasteiger partial charge in [-0.1, -0.05) is 12.2 Å². The van der Waals surface area contributed by atoms with Crippen molar-refractivity contribution >= 4 is 29.0 Å². The third-order valence-corrected chi connectivity index (χ3v) is 3.58. The van der Waals surface area contributed by atoms with Gasteiger partial charge in [0.25, 0.3) is 5.91 Å². The Morgan fingerprint density at radius 1 is 1.29 bits per heavy atom. The molecule has 2 N–H and O–H groups in total. The standard InChI is InChI=1S/C15H13N5O/c21-14-12(18-15(19-14)20-6-1-2-7-20)8-10-9-17-13-11(10)4-3-5-16-13/h1-5,8-9H,6-7H2,(H,16,17)(H,18,19,21)/b12-8-. The van der Waals surface area contributed by atoms with Gasteiger partial charge in [0.05, 0.1) is 0 Å². The highest BCUT2D eigenvalue weighted by molar-refractivity contribution is 6.14. The van der Waals surface area contributed by atoms with Crippen LogP contribution in [-0.2, 0) is 4.79 Å². The maximum absolute atomic E-state index is 12.0. The van der Waals surface area contributed by atoms with Crippen LogP contribution in [0.5, 0.6) is 0 Å². The molecule has 0 aromatic carbocycles. The molecule has 6 heteroatoms. The number of hydrogen-bond donors (Lipinski definition) is 2. The summed E-state index contributed by atoms with van der Waals surface area (Å²) in [6.45, 7) is 1.56. The van der Waals surface area contributed by atoms with Crippen molar-refractivity contribution in [3.8, 4) is 0 Å². The van der Waals surface area contributed by atoms with Crippen LogP contribution in [0, 0.1) is 0 Å². The Morgan fingerprint density at radius 3 is 3.00 bits per heavy atom. The van der Waals surface area contributed by atoms with Gasteiger partial charge in [-0.15, -0.1) is 0 Å². The van der Waals surface area contributed by atoms with Crippen LogP contribution >= 0.6 is 0 Å². The number of pyridine rings is 1. The largest absolute Gasteiger partial charge is 0.346 e. The van der Waals surface area contributed by atoms with E-state index >= 15 is 0 Å². The molecule has 4 heterocycles. The molecule has 4 rings (SSSR count). The predicted octanol–water partition coefficient (Wildman–Crippen LogP) is 1.26. The van der Waals surface area contributed by atoms with E-state index in [1.807, 2.05) is 23.2 Å². The van der Waals surface area contributed by atoms with Crippen molar-refractivity contribution in [1.29, 1.82) is 0 Å². The Labute approximate surface area is 120 Å². The minimum Gasteiger partial charge on any atom is -0.346 e. The van der Waals surface area contributed by atoms with Crippen LogP contribution in [0.3, 0.4) is 0 Å². The van der Waals surface area contributed by atoms with E-state index in [4.69, 9.17) is 0 Å². The smallest absolute Gasteiger partial charge is 0.276 e. The number of amides is 1. The quantitative estimate of drug-likeness (QED) is 0.609. The minimum atomic E-state index is -0.171. The fraction of sp³-hybridized carbons (Fsp3) is 0.133. The van der Waals surface area contributed by atoms with Gasteiger partial charge in [-0.2, -0.15) is 0 Å². The summed E-state index contributed by atoms with van der Waals surface area (Å²) >= 11 is 0. The summed E-state index contributed by atoms with van der Waals surface area (Å²) in [7, 11) is 0. The number of carbonyl (C=O) groups excluding carboxylic acids is 1. The van der Waals surface area contributed by atoms with Crippen molar-refractivity contribution in [3.63, 3.8) is 0 Å². The summed E-state index contributed by atoms with van der Waals surface area (Å²) in [6, 6.07) is 3.84. The average molecular weight is 279 g/mol. The first-order chi connectivity index (χ1) is 10.3. The van der Waals surface area contributed by atoms with E-state index in [2.05, 4.69) is 32.4 Å². The first kappa shape index (κ1) is 11.9. The maximum atomic E-state index is 12.0. The van der Waals surface area contributed by atoms with E-state index in [-0.39, 0.29) is 5.91 Å². The Bertz CT molecular complexity index is 806. The Morgan fingerprint density at radius 2 is 2.14 bits per heavy atom. The molecule has 0 unspecified atom stereocenters. The van der Waals surface area contributed by atoms with E-state index in [1.54, 1.807) is 12.3 Å². The van der Waals surface area contributed by atoms with Crippen LogP contribution in [0.1, 0.15) is 5.56 Å². The highest BCUT2D eigenvalue weighted by atomic mass is 16.2. The summed E-state index contributed by atoms with van der Waals surface area (Å²) in [5, 5.41) is 3.79. The number of aromatic nitrogens is 2. The van der Waals surface area contributed by atoms with Gasteiger partial charge >= 0.3 is 0 Å². The molecule has 1 amide bonds. The summed E-state index contributed by atoms with van der Waals surface area (Å²) in [5.41, 5.74) is 2.13. The second kappa shape index (κ2) is 4.59. The molecule has 2 aromatic heterocycles. The average Bonchev–Trinajstić information content (AvgIpc) is 3.21. The molecule has 2 aliphatic rings. The number of rotatable bonds is 1. The maximum Gasteiger partial charge on any atom is 0.276 e. The third kappa shape index (κ3) is 2.01. The zero-order valence-corrected chi connectivity index (χ0v) is 11.2. The van der Waals surface area contributed by atoms with E-state index in [0.29, 0.717) is 11.7 Å². The number of aromatic amines is 1. The van der Waals surface area contributed by atoms with Gasteiger partial charge in [-0.3, -0.25) is 10.1 Å². The fourth-order valence-electron chi connectivity index (χ4n) is 2.50. The summed E-state index contributed by atoms with van der Waals surface area (Å²) in [6.07, 6.45) is 9.47. The lowest BCUT2D eigenvalue weighted by Gasteiger charge is -2.15. The molecule has 0 radical (unpaired) electrons. The van der Waals surface area contributed by atoms with Crippen LogP contribution in [0.2, 0.25) is 0 Å². The van der Waals surface area contributed by atoms with E-state index < -0.39 is 0 Å². The van der Waals surface area contributed by atoms with Crippen molar-refractivity contribution in [3.05, 3.63) is 47.9 Å². The number of nitrogens with zero attached hydrogens (tertiary/aromatic N) is 3. The van der Waals surface area contributed by atoms with Gasteiger partial charge in [-0.25, -0.2) is 9.98 Å². The molecule has 0 fully saturated rings.